The van der Waals surface area contributed by atoms with Crippen molar-refractivity contribution >= 4 is 0 Å². The Hall–Kier alpha value is -2.30. The standard InChI is InChI=1S/C19H20O4/c1-21-15-7-9-16(10-8-15)22-18-12-11-17(23-19(18)13-20)14-5-3-2-4-6-14/h2-12,17-20H,13H2,1H3/t17-,18-,19+/m0/s1. The maximum absolute atomic E-state index is 9.63. The van der Waals surface area contributed by atoms with Gasteiger partial charge in [-0.2, -0.15) is 0 Å². The summed E-state index contributed by atoms with van der Waals surface area (Å²) in [6.45, 7) is -0.103. The monoisotopic (exact) mass is 312 g/mol. The van der Waals surface area contributed by atoms with Crippen LogP contribution in [0.25, 0.3) is 0 Å². The molecule has 0 saturated carbocycles. The maximum atomic E-state index is 9.63. The summed E-state index contributed by atoms with van der Waals surface area (Å²) in [5.74, 6) is 1.48. The molecule has 1 heterocycles. The van der Waals surface area contributed by atoms with E-state index in [1.54, 1.807) is 7.11 Å². The molecule has 0 amide bonds. The molecular formula is C19H20O4. The maximum Gasteiger partial charge on any atom is 0.145 e. The van der Waals surface area contributed by atoms with Gasteiger partial charge in [0, 0.05) is 0 Å². The summed E-state index contributed by atoms with van der Waals surface area (Å²) in [4.78, 5) is 0. The van der Waals surface area contributed by atoms with Gasteiger partial charge in [-0.1, -0.05) is 36.4 Å². The molecule has 4 heteroatoms. The fourth-order valence-corrected chi connectivity index (χ4v) is 2.55. The number of benzene rings is 2. The van der Waals surface area contributed by atoms with Crippen LogP contribution in [0.5, 0.6) is 11.5 Å². The molecule has 2 aromatic carbocycles. The molecule has 0 fully saturated rings. The van der Waals surface area contributed by atoms with E-state index < -0.39 is 6.10 Å². The molecule has 0 radical (unpaired) electrons. The van der Waals surface area contributed by atoms with Crippen molar-refractivity contribution in [3.8, 4) is 11.5 Å². The van der Waals surface area contributed by atoms with Crippen LogP contribution in [0.3, 0.4) is 0 Å². The predicted octanol–water partition coefficient (Wildman–Crippen LogP) is 3.13. The Labute approximate surface area is 135 Å². The lowest BCUT2D eigenvalue weighted by atomic mass is 10.0. The van der Waals surface area contributed by atoms with Crippen LogP contribution in [0.2, 0.25) is 0 Å². The van der Waals surface area contributed by atoms with Crippen molar-refractivity contribution in [2.75, 3.05) is 13.7 Å². The second-order valence-corrected chi connectivity index (χ2v) is 5.33. The van der Waals surface area contributed by atoms with Gasteiger partial charge in [-0.3, -0.25) is 0 Å². The number of aliphatic hydroxyl groups excluding tert-OH is 1. The first-order valence-electron chi connectivity index (χ1n) is 7.60. The van der Waals surface area contributed by atoms with Crippen LogP contribution in [-0.4, -0.2) is 31.0 Å². The highest BCUT2D eigenvalue weighted by atomic mass is 16.6. The molecule has 1 N–H and O–H groups in total. The minimum atomic E-state index is -0.410. The zero-order chi connectivity index (χ0) is 16.1. The van der Waals surface area contributed by atoms with Gasteiger partial charge in [0.2, 0.25) is 0 Å². The summed E-state index contributed by atoms with van der Waals surface area (Å²) >= 11 is 0. The van der Waals surface area contributed by atoms with E-state index in [9.17, 15) is 5.11 Å². The van der Waals surface area contributed by atoms with Gasteiger partial charge >= 0.3 is 0 Å². The number of hydrogen-bond donors (Lipinski definition) is 1. The molecule has 23 heavy (non-hydrogen) atoms. The van der Waals surface area contributed by atoms with Gasteiger partial charge in [0.1, 0.15) is 29.8 Å². The Bertz CT molecular complexity index is 636. The Balaban J connectivity index is 1.72. The van der Waals surface area contributed by atoms with E-state index in [1.165, 1.54) is 0 Å². The van der Waals surface area contributed by atoms with Crippen LogP contribution in [-0.2, 0) is 4.74 Å². The van der Waals surface area contributed by atoms with Crippen molar-refractivity contribution in [3.05, 3.63) is 72.3 Å². The van der Waals surface area contributed by atoms with Crippen molar-refractivity contribution in [2.24, 2.45) is 0 Å². The molecule has 3 rings (SSSR count). The Morgan fingerprint density at radius 2 is 1.65 bits per heavy atom. The third-order valence-corrected chi connectivity index (χ3v) is 3.80. The van der Waals surface area contributed by atoms with Gasteiger partial charge in [0.05, 0.1) is 13.7 Å². The molecule has 120 valence electrons. The molecule has 0 saturated heterocycles. The third-order valence-electron chi connectivity index (χ3n) is 3.80. The van der Waals surface area contributed by atoms with Gasteiger partial charge in [-0.15, -0.1) is 0 Å². The van der Waals surface area contributed by atoms with Crippen LogP contribution < -0.4 is 9.47 Å². The smallest absolute Gasteiger partial charge is 0.145 e. The fourth-order valence-electron chi connectivity index (χ4n) is 2.55. The fraction of sp³-hybridized carbons (Fsp3) is 0.263. The number of ether oxygens (including phenoxy) is 3. The van der Waals surface area contributed by atoms with Crippen LogP contribution in [0, 0.1) is 0 Å². The summed E-state index contributed by atoms with van der Waals surface area (Å²) < 4.78 is 17.0. The van der Waals surface area contributed by atoms with E-state index >= 15 is 0 Å². The van der Waals surface area contributed by atoms with Crippen LogP contribution >= 0.6 is 0 Å². The Kier molecular flexibility index (Phi) is 4.95. The highest BCUT2D eigenvalue weighted by Gasteiger charge is 2.29. The Morgan fingerprint density at radius 1 is 0.957 bits per heavy atom. The largest absolute Gasteiger partial charge is 0.497 e. The van der Waals surface area contributed by atoms with Gasteiger partial charge in [-0.25, -0.2) is 0 Å². The van der Waals surface area contributed by atoms with Crippen molar-refractivity contribution in [1.29, 1.82) is 0 Å². The lowest BCUT2D eigenvalue weighted by Gasteiger charge is -2.31. The van der Waals surface area contributed by atoms with Crippen molar-refractivity contribution in [1.82, 2.24) is 0 Å². The summed E-state index contributed by atoms with van der Waals surface area (Å²) in [6, 6.07) is 17.3. The molecule has 4 nitrogen and oxygen atoms in total. The minimum absolute atomic E-state index is 0.103. The second kappa shape index (κ2) is 7.31. The van der Waals surface area contributed by atoms with Crippen LogP contribution in [0.4, 0.5) is 0 Å². The van der Waals surface area contributed by atoms with Gasteiger partial charge in [0.15, 0.2) is 0 Å². The summed E-state index contributed by atoms with van der Waals surface area (Å²) in [5, 5.41) is 9.63. The van der Waals surface area contributed by atoms with Gasteiger partial charge < -0.3 is 19.3 Å². The molecule has 0 unspecified atom stereocenters. The molecule has 0 aliphatic carbocycles. The van der Waals surface area contributed by atoms with E-state index in [-0.39, 0.29) is 18.8 Å². The molecule has 0 bridgehead atoms. The third kappa shape index (κ3) is 3.73. The highest BCUT2D eigenvalue weighted by molar-refractivity contribution is 5.32. The highest BCUT2D eigenvalue weighted by Crippen LogP contribution is 2.28. The first-order chi connectivity index (χ1) is 11.3. The average Bonchev–Trinajstić information content (AvgIpc) is 2.63. The van der Waals surface area contributed by atoms with Crippen molar-refractivity contribution in [2.45, 2.75) is 18.3 Å². The topological polar surface area (TPSA) is 47.9 Å². The lowest BCUT2D eigenvalue weighted by molar-refractivity contribution is -0.0731. The van der Waals surface area contributed by atoms with Gasteiger partial charge in [0.25, 0.3) is 0 Å². The SMILES string of the molecule is COc1ccc(O[C@H]2C=C[C@@H](c3ccccc3)O[C@@H]2CO)cc1. The van der Waals surface area contributed by atoms with E-state index in [1.807, 2.05) is 66.7 Å². The lowest BCUT2D eigenvalue weighted by Crippen LogP contribution is -2.39. The normalized spacial score (nSPS) is 23.5. The molecule has 1 aliphatic heterocycles. The van der Waals surface area contributed by atoms with Crippen LogP contribution in [0.1, 0.15) is 11.7 Å². The van der Waals surface area contributed by atoms with Crippen molar-refractivity contribution in [3.63, 3.8) is 0 Å². The number of aliphatic hydroxyl groups is 1. The second-order valence-electron chi connectivity index (χ2n) is 5.33. The predicted molar refractivity (Wildman–Crippen MR) is 87.7 cm³/mol. The molecule has 0 aromatic heterocycles. The van der Waals surface area contributed by atoms with E-state index in [0.717, 1.165) is 11.3 Å². The number of rotatable bonds is 5. The molecule has 0 spiro atoms. The summed E-state index contributed by atoms with van der Waals surface area (Å²) in [5.41, 5.74) is 1.06. The van der Waals surface area contributed by atoms with E-state index in [2.05, 4.69) is 0 Å². The number of hydrogen-bond acceptors (Lipinski definition) is 4. The van der Waals surface area contributed by atoms with E-state index in [0.29, 0.717) is 5.75 Å². The minimum Gasteiger partial charge on any atom is -0.497 e. The quantitative estimate of drug-likeness (QED) is 0.862. The Morgan fingerprint density at radius 3 is 2.30 bits per heavy atom. The molecule has 3 atom stereocenters. The van der Waals surface area contributed by atoms with Gasteiger partial charge in [-0.05, 0) is 35.9 Å². The van der Waals surface area contributed by atoms with Crippen LogP contribution in [0.15, 0.2) is 66.7 Å². The van der Waals surface area contributed by atoms with E-state index in [4.69, 9.17) is 14.2 Å². The molecule has 1 aliphatic rings. The average molecular weight is 312 g/mol. The zero-order valence-corrected chi connectivity index (χ0v) is 13.0. The molecule has 2 aromatic rings. The summed E-state index contributed by atoms with van der Waals surface area (Å²) in [6.07, 6.45) is 3.02. The molecular weight excluding hydrogens is 292 g/mol. The zero-order valence-electron chi connectivity index (χ0n) is 13.0. The first kappa shape index (κ1) is 15.6. The summed E-state index contributed by atoms with van der Waals surface area (Å²) in [7, 11) is 1.62. The first-order valence-corrected chi connectivity index (χ1v) is 7.60. The van der Waals surface area contributed by atoms with Crippen molar-refractivity contribution < 1.29 is 19.3 Å². The number of methoxy groups -OCH3 is 1.